The third-order valence-electron chi connectivity index (χ3n) is 5.50. The van der Waals surface area contributed by atoms with Gasteiger partial charge in [-0.15, -0.1) is 0 Å². The van der Waals surface area contributed by atoms with Crippen LogP contribution in [0.4, 0.5) is 5.69 Å². The second-order valence-corrected chi connectivity index (χ2v) is 7.40. The maximum absolute atomic E-state index is 12.3. The minimum atomic E-state index is -0.146. The van der Waals surface area contributed by atoms with Crippen LogP contribution in [0.3, 0.4) is 0 Å². The second-order valence-electron chi connectivity index (χ2n) is 7.40. The Bertz CT molecular complexity index is 532. The standard InChI is InChI=1S/C20H30N2O2/c23-18-11-13-22(14-12-18)15-17-7-3-4-8-19(17)21-20(24)10-9-16-5-1-2-6-16/h3-4,7-8,16,18,23H,1-2,5-6,9-15H2,(H,21,24). The first kappa shape index (κ1) is 17.4. The molecule has 1 saturated heterocycles. The normalized spacial score (nSPS) is 20.4. The molecule has 1 heterocycles. The van der Waals surface area contributed by atoms with Crippen molar-refractivity contribution in [1.29, 1.82) is 0 Å². The molecule has 0 atom stereocenters. The van der Waals surface area contributed by atoms with E-state index in [-0.39, 0.29) is 12.0 Å². The first-order valence-corrected chi connectivity index (χ1v) is 9.49. The van der Waals surface area contributed by atoms with Crippen LogP contribution in [-0.4, -0.2) is 35.1 Å². The van der Waals surface area contributed by atoms with E-state index < -0.39 is 0 Å². The highest BCUT2D eigenvalue weighted by Gasteiger charge is 2.19. The number of aliphatic hydroxyl groups excluding tert-OH is 1. The summed E-state index contributed by atoms with van der Waals surface area (Å²) in [6.07, 6.45) is 8.46. The maximum atomic E-state index is 12.3. The number of carbonyl (C=O) groups is 1. The van der Waals surface area contributed by atoms with Gasteiger partial charge in [0.2, 0.25) is 5.91 Å². The fraction of sp³-hybridized carbons (Fsp3) is 0.650. The zero-order valence-electron chi connectivity index (χ0n) is 14.5. The van der Waals surface area contributed by atoms with Crippen LogP contribution in [0.25, 0.3) is 0 Å². The third kappa shape index (κ3) is 5.05. The zero-order valence-corrected chi connectivity index (χ0v) is 14.5. The molecule has 1 saturated carbocycles. The Hall–Kier alpha value is -1.39. The van der Waals surface area contributed by atoms with Crippen LogP contribution < -0.4 is 5.32 Å². The Kier molecular flexibility index (Phi) is 6.27. The largest absolute Gasteiger partial charge is 0.393 e. The van der Waals surface area contributed by atoms with Crippen LogP contribution in [0.2, 0.25) is 0 Å². The van der Waals surface area contributed by atoms with Gasteiger partial charge in [-0.25, -0.2) is 0 Å². The molecular weight excluding hydrogens is 300 g/mol. The van der Waals surface area contributed by atoms with Gasteiger partial charge in [-0.05, 0) is 36.8 Å². The number of hydrogen-bond donors (Lipinski definition) is 2. The summed E-state index contributed by atoms with van der Waals surface area (Å²) in [5, 5.41) is 12.7. The zero-order chi connectivity index (χ0) is 16.8. The molecule has 132 valence electrons. The Labute approximate surface area is 145 Å². The Morgan fingerprint density at radius 1 is 1.12 bits per heavy atom. The summed E-state index contributed by atoms with van der Waals surface area (Å²) < 4.78 is 0. The van der Waals surface area contributed by atoms with Crippen LogP contribution >= 0.6 is 0 Å². The van der Waals surface area contributed by atoms with Crippen LogP contribution in [0.1, 0.15) is 56.9 Å². The van der Waals surface area contributed by atoms with Crippen molar-refractivity contribution in [3.63, 3.8) is 0 Å². The molecule has 1 amide bonds. The molecule has 1 aromatic rings. The summed E-state index contributed by atoms with van der Waals surface area (Å²) in [6.45, 7) is 2.68. The number of hydrogen-bond acceptors (Lipinski definition) is 3. The van der Waals surface area contributed by atoms with Gasteiger partial charge in [-0.3, -0.25) is 9.69 Å². The minimum Gasteiger partial charge on any atom is -0.393 e. The van der Waals surface area contributed by atoms with E-state index >= 15 is 0 Å². The van der Waals surface area contributed by atoms with E-state index in [1.54, 1.807) is 0 Å². The van der Waals surface area contributed by atoms with E-state index in [9.17, 15) is 9.90 Å². The summed E-state index contributed by atoms with van der Waals surface area (Å²) in [6, 6.07) is 8.11. The van der Waals surface area contributed by atoms with Gasteiger partial charge in [-0.1, -0.05) is 43.9 Å². The lowest BCUT2D eigenvalue weighted by molar-refractivity contribution is -0.116. The Balaban J connectivity index is 1.52. The van der Waals surface area contributed by atoms with Gasteiger partial charge in [0.15, 0.2) is 0 Å². The van der Waals surface area contributed by atoms with Crippen molar-refractivity contribution >= 4 is 11.6 Å². The van der Waals surface area contributed by atoms with Crippen LogP contribution in [0, 0.1) is 5.92 Å². The smallest absolute Gasteiger partial charge is 0.224 e. The average Bonchev–Trinajstić information content (AvgIpc) is 3.10. The Morgan fingerprint density at radius 2 is 1.83 bits per heavy atom. The molecule has 0 bridgehead atoms. The maximum Gasteiger partial charge on any atom is 0.224 e. The van der Waals surface area contributed by atoms with Gasteiger partial charge in [0.25, 0.3) is 0 Å². The van der Waals surface area contributed by atoms with Crippen molar-refractivity contribution in [2.75, 3.05) is 18.4 Å². The monoisotopic (exact) mass is 330 g/mol. The van der Waals surface area contributed by atoms with Crippen molar-refractivity contribution in [3.05, 3.63) is 29.8 Å². The van der Waals surface area contributed by atoms with E-state index in [1.165, 1.54) is 31.2 Å². The van der Waals surface area contributed by atoms with Crippen molar-refractivity contribution in [2.45, 2.75) is 64.0 Å². The number of benzene rings is 1. The van der Waals surface area contributed by atoms with Gasteiger partial charge in [0.05, 0.1) is 6.10 Å². The van der Waals surface area contributed by atoms with Crippen LogP contribution in [0.15, 0.2) is 24.3 Å². The van der Waals surface area contributed by atoms with Gasteiger partial charge >= 0.3 is 0 Å². The molecule has 3 rings (SSSR count). The molecule has 0 radical (unpaired) electrons. The van der Waals surface area contributed by atoms with Crippen molar-refractivity contribution in [3.8, 4) is 0 Å². The molecule has 2 aliphatic rings. The highest BCUT2D eigenvalue weighted by molar-refractivity contribution is 5.91. The number of nitrogens with zero attached hydrogens (tertiary/aromatic N) is 1. The number of carbonyl (C=O) groups excluding carboxylic acids is 1. The lowest BCUT2D eigenvalue weighted by atomic mass is 10.0. The van der Waals surface area contributed by atoms with Gasteiger partial charge in [0, 0.05) is 31.7 Å². The molecule has 24 heavy (non-hydrogen) atoms. The predicted molar refractivity (Wildman–Crippen MR) is 96.8 cm³/mol. The fourth-order valence-electron chi connectivity index (χ4n) is 3.95. The first-order valence-electron chi connectivity index (χ1n) is 9.49. The number of anilines is 1. The molecule has 4 heteroatoms. The molecule has 0 spiro atoms. The molecule has 4 nitrogen and oxygen atoms in total. The molecule has 2 N–H and O–H groups in total. The van der Waals surface area contributed by atoms with E-state index in [2.05, 4.69) is 16.3 Å². The number of rotatable bonds is 6. The number of amides is 1. The van der Waals surface area contributed by atoms with Gasteiger partial charge in [0.1, 0.15) is 0 Å². The molecule has 0 aromatic heterocycles. The summed E-state index contributed by atoms with van der Waals surface area (Å²) in [5.74, 6) is 0.897. The SMILES string of the molecule is O=C(CCC1CCCC1)Nc1ccccc1CN1CCC(O)CC1. The summed E-state index contributed by atoms with van der Waals surface area (Å²) in [5.41, 5.74) is 2.11. The lowest BCUT2D eigenvalue weighted by Crippen LogP contribution is -2.35. The minimum absolute atomic E-state index is 0.142. The topological polar surface area (TPSA) is 52.6 Å². The van der Waals surface area contributed by atoms with Crippen LogP contribution in [0.5, 0.6) is 0 Å². The van der Waals surface area contributed by atoms with Gasteiger partial charge in [-0.2, -0.15) is 0 Å². The number of nitrogens with one attached hydrogen (secondary N) is 1. The first-order chi connectivity index (χ1) is 11.7. The van der Waals surface area contributed by atoms with Crippen molar-refractivity contribution < 1.29 is 9.90 Å². The third-order valence-corrected chi connectivity index (χ3v) is 5.50. The summed E-state index contributed by atoms with van der Waals surface area (Å²) >= 11 is 0. The van der Waals surface area contributed by atoms with Crippen molar-refractivity contribution in [1.82, 2.24) is 4.90 Å². The number of likely N-dealkylation sites (tertiary alicyclic amines) is 1. The summed E-state index contributed by atoms with van der Waals surface area (Å²) in [7, 11) is 0. The molecule has 1 aliphatic heterocycles. The quantitative estimate of drug-likeness (QED) is 0.838. The number of para-hydroxylation sites is 1. The molecule has 2 fully saturated rings. The van der Waals surface area contributed by atoms with E-state index in [1.807, 2.05) is 18.2 Å². The molecule has 0 unspecified atom stereocenters. The fourth-order valence-corrected chi connectivity index (χ4v) is 3.95. The summed E-state index contributed by atoms with van der Waals surface area (Å²) in [4.78, 5) is 14.7. The van der Waals surface area contributed by atoms with E-state index in [0.717, 1.165) is 50.5 Å². The average molecular weight is 330 g/mol. The highest BCUT2D eigenvalue weighted by Crippen LogP contribution is 2.28. The molecular formula is C20H30N2O2. The second kappa shape index (κ2) is 8.63. The van der Waals surface area contributed by atoms with Crippen LogP contribution in [-0.2, 0) is 11.3 Å². The van der Waals surface area contributed by atoms with Gasteiger partial charge < -0.3 is 10.4 Å². The number of aliphatic hydroxyl groups is 1. The molecule has 1 aliphatic carbocycles. The highest BCUT2D eigenvalue weighted by atomic mass is 16.3. The van der Waals surface area contributed by atoms with E-state index in [4.69, 9.17) is 0 Å². The predicted octanol–water partition coefficient (Wildman–Crippen LogP) is 3.55. The molecule has 1 aromatic carbocycles. The van der Waals surface area contributed by atoms with Crippen molar-refractivity contribution in [2.24, 2.45) is 5.92 Å². The van der Waals surface area contributed by atoms with E-state index in [0.29, 0.717) is 6.42 Å². The lowest BCUT2D eigenvalue weighted by Gasteiger charge is -2.30. The Morgan fingerprint density at radius 3 is 2.58 bits per heavy atom. The number of piperidine rings is 1.